The van der Waals surface area contributed by atoms with Crippen LogP contribution >= 0.6 is 0 Å². The summed E-state index contributed by atoms with van der Waals surface area (Å²) < 4.78 is 0. The van der Waals surface area contributed by atoms with Gasteiger partial charge in [0.15, 0.2) is 0 Å². The normalized spacial score (nSPS) is 13.9. The average Bonchev–Trinajstić information content (AvgIpc) is 3.14. The van der Waals surface area contributed by atoms with Crippen LogP contribution in [0.4, 0.5) is 0 Å². The first-order chi connectivity index (χ1) is 12.3. The van der Waals surface area contributed by atoms with Crippen LogP contribution in [0.2, 0.25) is 0 Å². The molecule has 0 amide bonds. The molecule has 2 aromatic rings. The summed E-state index contributed by atoms with van der Waals surface area (Å²) in [5.74, 6) is 0. The smallest absolute Gasteiger partial charge is 1.00 e. The van der Waals surface area contributed by atoms with E-state index in [1.54, 1.807) is 0 Å². The minimum Gasteiger partial charge on any atom is -1.00 e. The van der Waals surface area contributed by atoms with Crippen molar-refractivity contribution >= 4 is 17.2 Å². The summed E-state index contributed by atoms with van der Waals surface area (Å²) in [7, 11) is 0. The first-order valence-corrected chi connectivity index (χ1v) is 9.52. The van der Waals surface area contributed by atoms with E-state index in [4.69, 9.17) is 0 Å². The zero-order valence-corrected chi connectivity index (χ0v) is 22.0. The Morgan fingerprint density at radius 1 is 0.931 bits per heavy atom. The van der Waals surface area contributed by atoms with Crippen molar-refractivity contribution < 1.29 is 51.0 Å². The predicted octanol–water partition coefficient (Wildman–Crippen LogP) is -0.662. The van der Waals surface area contributed by atoms with Crippen molar-refractivity contribution in [3.05, 3.63) is 85.6 Å². The minimum atomic E-state index is 0. The molecule has 2 aromatic carbocycles. The van der Waals surface area contributed by atoms with Crippen LogP contribution in [0.15, 0.2) is 53.6 Å². The third-order valence-corrected chi connectivity index (χ3v) is 5.72. The van der Waals surface area contributed by atoms with Crippen molar-refractivity contribution in [3.63, 3.8) is 0 Å². The maximum atomic E-state index is 3.72. The van der Waals surface area contributed by atoms with Crippen LogP contribution in [0.25, 0.3) is 17.2 Å². The first kappa shape index (κ1) is 26.2. The minimum absolute atomic E-state index is 0. The molecule has 0 aromatic heterocycles. The monoisotopic (exact) mass is 499 g/mol. The van der Waals surface area contributed by atoms with Gasteiger partial charge in [0.2, 0.25) is 0 Å². The topological polar surface area (TPSA) is 0 Å². The van der Waals surface area contributed by atoms with Crippen LogP contribution < -0.4 is 35.3 Å². The molecule has 3 heteroatoms. The maximum absolute atomic E-state index is 3.72. The second kappa shape index (κ2) is 9.51. The Bertz CT molecular complexity index is 1200. The molecule has 0 fully saturated rings. The number of rotatable bonds is 1. The molecular formula is C26H27Cl2Zr. The standard InChI is InChI=1S/C26H27.2ClH.Zr/c1-16(2)20-11-12-22-21-10-8-7-9-18(21)14-24(22)25(20)23-15-19(13-17(23)3)26(4,5)6;;;/h7-13H,15H2,1-6H3;2*1H;/q-1;;;+3/p-2. The fourth-order valence-corrected chi connectivity index (χ4v) is 4.15. The van der Waals surface area contributed by atoms with E-state index < -0.39 is 0 Å². The number of fused-ring (bicyclic) bond motifs is 2. The van der Waals surface area contributed by atoms with E-state index >= 15 is 0 Å². The summed E-state index contributed by atoms with van der Waals surface area (Å²) >= 11 is 0. The van der Waals surface area contributed by atoms with E-state index in [1.165, 1.54) is 54.3 Å². The van der Waals surface area contributed by atoms with Crippen LogP contribution in [0.3, 0.4) is 0 Å². The van der Waals surface area contributed by atoms with Gasteiger partial charge >= 0.3 is 26.2 Å². The predicted molar refractivity (Wildman–Crippen MR) is 112 cm³/mol. The zero-order chi connectivity index (χ0) is 18.6. The molecular weight excluding hydrogens is 474 g/mol. The second-order valence-electron chi connectivity index (χ2n) is 8.84. The maximum Gasteiger partial charge on any atom is 3.00 e. The number of benzene rings is 2. The van der Waals surface area contributed by atoms with E-state index in [2.05, 4.69) is 90.1 Å². The molecule has 0 saturated carbocycles. The molecule has 0 heterocycles. The molecule has 0 aliphatic heterocycles. The van der Waals surface area contributed by atoms with Gasteiger partial charge in [-0.25, -0.2) is 0 Å². The van der Waals surface area contributed by atoms with Crippen molar-refractivity contribution in [2.75, 3.05) is 0 Å². The Morgan fingerprint density at radius 3 is 2.17 bits per heavy atom. The molecule has 0 saturated heterocycles. The van der Waals surface area contributed by atoms with Gasteiger partial charge in [0.1, 0.15) is 0 Å². The van der Waals surface area contributed by atoms with Crippen LogP contribution in [0.5, 0.6) is 0 Å². The Kier molecular flexibility index (Phi) is 8.58. The van der Waals surface area contributed by atoms with Crippen LogP contribution in [-0.2, 0) is 26.2 Å². The van der Waals surface area contributed by atoms with Gasteiger partial charge < -0.3 is 24.8 Å². The molecule has 149 valence electrons. The largest absolute Gasteiger partial charge is 3.00 e. The van der Waals surface area contributed by atoms with Gasteiger partial charge in [-0.15, -0.1) is 33.4 Å². The van der Waals surface area contributed by atoms with E-state index in [-0.39, 0.29) is 56.4 Å². The zero-order valence-electron chi connectivity index (χ0n) is 18.0. The van der Waals surface area contributed by atoms with Crippen molar-refractivity contribution in [1.82, 2.24) is 0 Å². The van der Waals surface area contributed by atoms with Gasteiger partial charge in [0, 0.05) is 0 Å². The molecule has 0 atom stereocenters. The van der Waals surface area contributed by atoms with Gasteiger partial charge in [0.25, 0.3) is 0 Å². The molecule has 4 rings (SSSR count). The van der Waals surface area contributed by atoms with Crippen molar-refractivity contribution in [1.29, 1.82) is 0 Å². The Balaban J connectivity index is 0.00000140. The molecule has 0 unspecified atom stereocenters. The van der Waals surface area contributed by atoms with E-state index in [9.17, 15) is 0 Å². The van der Waals surface area contributed by atoms with E-state index in [0.717, 1.165) is 6.42 Å². The van der Waals surface area contributed by atoms with Gasteiger partial charge in [0.05, 0.1) is 0 Å². The van der Waals surface area contributed by atoms with Gasteiger partial charge in [-0.2, -0.15) is 0 Å². The van der Waals surface area contributed by atoms with Gasteiger partial charge in [-0.3, -0.25) is 0 Å². The second-order valence-corrected chi connectivity index (χ2v) is 8.84. The molecule has 2 aliphatic carbocycles. The van der Waals surface area contributed by atoms with Crippen LogP contribution in [-0.4, -0.2) is 0 Å². The Hall–Kier alpha value is -0.877. The SMILES string of the molecule is CC1=C(c2c3c(ccc2=C(C)C)=c2ccccc2=[C-]3)CC(C(C)(C)C)=C1.[Cl-].[Cl-].[Zr+3]. The van der Waals surface area contributed by atoms with Crippen LogP contribution in [0.1, 0.15) is 59.1 Å². The first-order valence-electron chi connectivity index (χ1n) is 9.52. The van der Waals surface area contributed by atoms with Crippen LogP contribution in [0, 0.1) is 15.9 Å². The fraction of sp³-hybridized carbons (Fsp3) is 0.308. The number of halogens is 2. The number of hydrogen-bond acceptors (Lipinski definition) is 0. The molecule has 2 aliphatic rings. The van der Waals surface area contributed by atoms with Gasteiger partial charge in [-0.05, 0) is 32.6 Å². The molecule has 0 spiro atoms. The summed E-state index contributed by atoms with van der Waals surface area (Å²) in [5, 5.41) is 5.21. The summed E-state index contributed by atoms with van der Waals surface area (Å²) in [6, 6.07) is 13.2. The van der Waals surface area contributed by atoms with Crippen molar-refractivity contribution in [2.45, 2.75) is 48.0 Å². The van der Waals surface area contributed by atoms with Crippen molar-refractivity contribution in [2.24, 2.45) is 5.41 Å². The molecule has 0 N–H and O–H groups in total. The molecule has 0 bridgehead atoms. The van der Waals surface area contributed by atoms with Gasteiger partial charge in [-0.1, -0.05) is 90.3 Å². The average molecular weight is 502 g/mol. The van der Waals surface area contributed by atoms with E-state index in [1.807, 2.05) is 0 Å². The summed E-state index contributed by atoms with van der Waals surface area (Å²) in [6.07, 6.45) is 7.18. The number of allylic oxidation sites excluding steroid dienone is 4. The third-order valence-electron chi connectivity index (χ3n) is 5.72. The number of hydrogen-bond donors (Lipinski definition) is 0. The summed E-state index contributed by atoms with van der Waals surface area (Å²) in [6.45, 7) is 13.7. The third kappa shape index (κ3) is 4.58. The summed E-state index contributed by atoms with van der Waals surface area (Å²) in [4.78, 5) is 0. The summed E-state index contributed by atoms with van der Waals surface area (Å²) in [5.41, 5.74) is 8.66. The Labute approximate surface area is 206 Å². The molecule has 29 heavy (non-hydrogen) atoms. The molecule has 1 radical (unpaired) electrons. The fourth-order valence-electron chi connectivity index (χ4n) is 4.15. The van der Waals surface area contributed by atoms with Crippen molar-refractivity contribution in [3.8, 4) is 0 Å². The van der Waals surface area contributed by atoms with E-state index in [0.29, 0.717) is 0 Å². The molecule has 0 nitrogen and oxygen atoms in total. The Morgan fingerprint density at radius 2 is 1.59 bits per heavy atom. The quantitative estimate of drug-likeness (QED) is 0.389.